The number of nitrogens with one attached hydrogen (secondary N) is 1. The van der Waals surface area contributed by atoms with E-state index in [1.54, 1.807) is 49.7 Å². The van der Waals surface area contributed by atoms with Crippen molar-refractivity contribution >= 4 is 11.6 Å². The number of benzene rings is 2. The number of rotatable bonds is 5. The highest BCUT2D eigenvalue weighted by molar-refractivity contribution is 6.03. The quantitative estimate of drug-likeness (QED) is 0.548. The van der Waals surface area contributed by atoms with Crippen LogP contribution in [0.1, 0.15) is 16.1 Å². The normalized spacial score (nSPS) is 10.6. The number of aromatic nitrogens is 3. The smallest absolute Gasteiger partial charge is 0.274 e. The summed E-state index contributed by atoms with van der Waals surface area (Å²) in [6.45, 7) is 1.98. The van der Waals surface area contributed by atoms with E-state index in [-0.39, 0.29) is 5.91 Å². The Morgan fingerprint density at radius 1 is 1.03 bits per heavy atom. The van der Waals surface area contributed by atoms with Gasteiger partial charge in [-0.15, -0.1) is 0 Å². The number of anilines is 1. The molecule has 4 aromatic rings. The Labute approximate surface area is 167 Å². The summed E-state index contributed by atoms with van der Waals surface area (Å²) in [7, 11) is 1.55. The van der Waals surface area contributed by atoms with Crippen LogP contribution in [-0.2, 0) is 0 Å². The van der Waals surface area contributed by atoms with Crippen LogP contribution in [-0.4, -0.2) is 28.1 Å². The number of amides is 1. The van der Waals surface area contributed by atoms with Crippen LogP contribution in [0.15, 0.2) is 71.4 Å². The minimum Gasteiger partial charge on any atom is -0.496 e. The fourth-order valence-electron chi connectivity index (χ4n) is 2.90. The fraction of sp³-hybridized carbons (Fsp3) is 0.0909. The fourth-order valence-corrected chi connectivity index (χ4v) is 2.90. The number of aryl methyl sites for hydroxylation is 1. The summed E-state index contributed by atoms with van der Waals surface area (Å²) in [5.74, 6) is 1.05. The standard InChI is InChI=1S/C22H18N4O3/c1-14-7-3-4-8-16(14)22-25-20(26-29-22)17-11-10-15(13-19(17)28-2)24-21(27)18-9-5-6-12-23-18/h3-13H,1-2H3,(H,24,27). The molecule has 0 saturated carbocycles. The van der Waals surface area contributed by atoms with Crippen LogP contribution >= 0.6 is 0 Å². The molecule has 2 aromatic heterocycles. The van der Waals surface area contributed by atoms with E-state index in [2.05, 4.69) is 20.4 Å². The molecule has 0 aliphatic carbocycles. The van der Waals surface area contributed by atoms with Crippen molar-refractivity contribution in [1.29, 1.82) is 0 Å². The van der Waals surface area contributed by atoms with E-state index in [9.17, 15) is 4.79 Å². The number of ether oxygens (including phenoxy) is 1. The van der Waals surface area contributed by atoms with Crippen molar-refractivity contribution in [1.82, 2.24) is 15.1 Å². The largest absolute Gasteiger partial charge is 0.496 e. The first-order valence-corrected chi connectivity index (χ1v) is 8.96. The summed E-state index contributed by atoms with van der Waals surface area (Å²) >= 11 is 0. The highest BCUT2D eigenvalue weighted by Crippen LogP contribution is 2.32. The Morgan fingerprint density at radius 3 is 2.62 bits per heavy atom. The minimum atomic E-state index is -0.304. The molecule has 2 aromatic carbocycles. The van der Waals surface area contributed by atoms with Crippen molar-refractivity contribution in [2.75, 3.05) is 12.4 Å². The average molecular weight is 386 g/mol. The molecule has 0 aliphatic heterocycles. The van der Waals surface area contributed by atoms with Gasteiger partial charge in [0.25, 0.3) is 11.8 Å². The van der Waals surface area contributed by atoms with Gasteiger partial charge in [0.1, 0.15) is 11.4 Å². The van der Waals surface area contributed by atoms with Gasteiger partial charge in [-0.1, -0.05) is 29.4 Å². The topological polar surface area (TPSA) is 90.1 Å². The van der Waals surface area contributed by atoms with Crippen LogP contribution in [0.2, 0.25) is 0 Å². The highest BCUT2D eigenvalue weighted by atomic mass is 16.5. The molecule has 1 amide bonds. The summed E-state index contributed by atoms with van der Waals surface area (Å²) in [4.78, 5) is 20.9. The molecule has 0 bridgehead atoms. The zero-order valence-corrected chi connectivity index (χ0v) is 15.9. The zero-order chi connectivity index (χ0) is 20.2. The molecular formula is C22H18N4O3. The Kier molecular flexibility index (Phi) is 5.03. The second kappa shape index (κ2) is 7.93. The Bertz CT molecular complexity index is 1160. The molecule has 2 heterocycles. The molecule has 4 rings (SSSR count). The highest BCUT2D eigenvalue weighted by Gasteiger charge is 2.17. The number of nitrogens with zero attached hydrogens (tertiary/aromatic N) is 3. The van der Waals surface area contributed by atoms with E-state index >= 15 is 0 Å². The van der Waals surface area contributed by atoms with E-state index in [4.69, 9.17) is 9.26 Å². The van der Waals surface area contributed by atoms with Crippen LogP contribution in [0.25, 0.3) is 22.8 Å². The number of carbonyl (C=O) groups is 1. The average Bonchev–Trinajstić information content (AvgIpc) is 3.24. The third-order valence-electron chi connectivity index (χ3n) is 4.40. The van der Waals surface area contributed by atoms with E-state index in [0.717, 1.165) is 11.1 Å². The van der Waals surface area contributed by atoms with E-state index in [1.807, 2.05) is 31.2 Å². The number of hydrogen-bond donors (Lipinski definition) is 1. The predicted octanol–water partition coefficient (Wildman–Crippen LogP) is 4.37. The number of hydrogen-bond acceptors (Lipinski definition) is 6. The number of pyridine rings is 1. The van der Waals surface area contributed by atoms with Gasteiger partial charge < -0.3 is 14.6 Å². The first kappa shape index (κ1) is 18.4. The van der Waals surface area contributed by atoms with Crippen molar-refractivity contribution in [2.45, 2.75) is 6.92 Å². The van der Waals surface area contributed by atoms with Crippen molar-refractivity contribution < 1.29 is 14.1 Å². The molecule has 7 heteroatoms. The lowest BCUT2D eigenvalue weighted by Gasteiger charge is -2.09. The maximum absolute atomic E-state index is 12.3. The van der Waals surface area contributed by atoms with Crippen LogP contribution in [0.5, 0.6) is 5.75 Å². The number of carbonyl (C=O) groups excluding carboxylic acids is 1. The SMILES string of the molecule is COc1cc(NC(=O)c2ccccn2)ccc1-c1noc(-c2ccccc2C)n1. The van der Waals surface area contributed by atoms with Crippen molar-refractivity contribution in [2.24, 2.45) is 0 Å². The van der Waals surface area contributed by atoms with Gasteiger partial charge in [-0.3, -0.25) is 9.78 Å². The van der Waals surface area contributed by atoms with Gasteiger partial charge in [-0.05, 0) is 42.8 Å². The molecule has 0 saturated heterocycles. The molecule has 0 atom stereocenters. The Morgan fingerprint density at radius 2 is 1.86 bits per heavy atom. The molecule has 144 valence electrons. The monoisotopic (exact) mass is 386 g/mol. The first-order valence-electron chi connectivity index (χ1n) is 8.96. The van der Waals surface area contributed by atoms with Crippen molar-refractivity contribution in [3.8, 4) is 28.6 Å². The summed E-state index contributed by atoms with van der Waals surface area (Å²) in [6, 6.07) is 18.2. The third-order valence-corrected chi connectivity index (χ3v) is 4.40. The molecule has 7 nitrogen and oxygen atoms in total. The van der Waals surface area contributed by atoms with E-state index in [1.165, 1.54) is 0 Å². The Hall–Kier alpha value is -4.00. The lowest BCUT2D eigenvalue weighted by molar-refractivity contribution is 0.102. The van der Waals surface area contributed by atoms with Crippen LogP contribution < -0.4 is 10.1 Å². The lowest BCUT2D eigenvalue weighted by Crippen LogP contribution is -2.13. The predicted molar refractivity (Wildman–Crippen MR) is 109 cm³/mol. The second-order valence-corrected chi connectivity index (χ2v) is 6.32. The Balaban J connectivity index is 1.61. The van der Waals surface area contributed by atoms with Crippen molar-refractivity contribution in [3.05, 3.63) is 78.1 Å². The van der Waals surface area contributed by atoms with Crippen LogP contribution in [0.4, 0.5) is 5.69 Å². The molecule has 0 unspecified atom stereocenters. The van der Waals surface area contributed by atoms with E-state index < -0.39 is 0 Å². The van der Waals surface area contributed by atoms with Gasteiger partial charge >= 0.3 is 0 Å². The van der Waals surface area contributed by atoms with Gasteiger partial charge in [0.2, 0.25) is 5.82 Å². The molecule has 0 spiro atoms. The third kappa shape index (κ3) is 3.84. The molecule has 29 heavy (non-hydrogen) atoms. The summed E-state index contributed by atoms with van der Waals surface area (Å²) in [6.07, 6.45) is 1.57. The number of methoxy groups -OCH3 is 1. The maximum atomic E-state index is 12.3. The first-order chi connectivity index (χ1) is 14.2. The summed E-state index contributed by atoms with van der Waals surface area (Å²) < 4.78 is 10.9. The summed E-state index contributed by atoms with van der Waals surface area (Å²) in [5, 5.41) is 6.89. The van der Waals surface area contributed by atoms with Gasteiger partial charge in [0.05, 0.1) is 12.7 Å². The van der Waals surface area contributed by atoms with Crippen molar-refractivity contribution in [3.63, 3.8) is 0 Å². The zero-order valence-electron chi connectivity index (χ0n) is 15.9. The van der Waals surface area contributed by atoms with Crippen LogP contribution in [0, 0.1) is 6.92 Å². The van der Waals surface area contributed by atoms with E-state index in [0.29, 0.717) is 34.4 Å². The summed E-state index contributed by atoms with van der Waals surface area (Å²) in [5.41, 5.74) is 3.49. The maximum Gasteiger partial charge on any atom is 0.274 e. The van der Waals surface area contributed by atoms with Gasteiger partial charge in [0, 0.05) is 23.5 Å². The van der Waals surface area contributed by atoms with Crippen LogP contribution in [0.3, 0.4) is 0 Å². The lowest BCUT2D eigenvalue weighted by atomic mass is 10.1. The minimum absolute atomic E-state index is 0.304. The molecule has 0 aliphatic rings. The molecule has 0 fully saturated rings. The van der Waals surface area contributed by atoms with Gasteiger partial charge in [0.15, 0.2) is 0 Å². The molecule has 1 N–H and O–H groups in total. The second-order valence-electron chi connectivity index (χ2n) is 6.32. The molecular weight excluding hydrogens is 368 g/mol. The van der Waals surface area contributed by atoms with Gasteiger partial charge in [-0.2, -0.15) is 4.98 Å². The molecule has 0 radical (unpaired) electrons. The van der Waals surface area contributed by atoms with Gasteiger partial charge in [-0.25, -0.2) is 0 Å².